The second-order valence-corrected chi connectivity index (χ2v) is 2.99. The van der Waals surface area contributed by atoms with Gasteiger partial charge in [-0.1, -0.05) is 11.6 Å². The molecule has 0 unspecified atom stereocenters. The van der Waals surface area contributed by atoms with Crippen LogP contribution in [0.15, 0.2) is 6.07 Å². The van der Waals surface area contributed by atoms with Gasteiger partial charge in [0.15, 0.2) is 11.6 Å². The van der Waals surface area contributed by atoms with Gasteiger partial charge in [0.05, 0.1) is 10.6 Å². The lowest BCUT2D eigenvalue weighted by Gasteiger charge is -1.98. The third-order valence-corrected chi connectivity index (χ3v) is 2.05. The van der Waals surface area contributed by atoms with Crippen LogP contribution in [0.25, 0.3) is 0 Å². The predicted molar refractivity (Wildman–Crippen MR) is 41.1 cm³/mol. The number of esters is 2. The summed E-state index contributed by atoms with van der Waals surface area (Å²) in [6.45, 7) is 0. The van der Waals surface area contributed by atoms with Crippen molar-refractivity contribution in [3.8, 4) is 0 Å². The van der Waals surface area contributed by atoms with Crippen LogP contribution in [0, 0.1) is 11.6 Å². The summed E-state index contributed by atoms with van der Waals surface area (Å²) >= 11 is 5.28. The SMILES string of the molecule is O=C1OC(=O)c2c1cc(Cl)c(F)c2F. The zero-order chi connectivity index (χ0) is 10.5. The van der Waals surface area contributed by atoms with Crippen LogP contribution in [0.2, 0.25) is 5.02 Å². The molecule has 0 bridgehead atoms. The van der Waals surface area contributed by atoms with Crippen LogP contribution in [0.5, 0.6) is 0 Å². The molecular weight excluding hydrogens is 218 g/mol. The van der Waals surface area contributed by atoms with E-state index in [-0.39, 0.29) is 5.56 Å². The van der Waals surface area contributed by atoms with E-state index in [1.807, 2.05) is 0 Å². The monoisotopic (exact) mass is 218 g/mol. The van der Waals surface area contributed by atoms with Crippen molar-refractivity contribution in [1.82, 2.24) is 0 Å². The third kappa shape index (κ3) is 1.02. The molecule has 0 saturated carbocycles. The van der Waals surface area contributed by atoms with Crippen molar-refractivity contribution in [2.24, 2.45) is 0 Å². The first-order valence-corrected chi connectivity index (χ1v) is 3.84. The van der Waals surface area contributed by atoms with Gasteiger partial charge in [-0.25, -0.2) is 18.4 Å². The molecule has 0 aliphatic carbocycles. The van der Waals surface area contributed by atoms with Crippen LogP contribution in [-0.2, 0) is 4.74 Å². The number of rotatable bonds is 0. The van der Waals surface area contributed by atoms with E-state index >= 15 is 0 Å². The van der Waals surface area contributed by atoms with Crippen LogP contribution in [0.1, 0.15) is 20.7 Å². The minimum Gasteiger partial charge on any atom is -0.386 e. The van der Waals surface area contributed by atoms with Gasteiger partial charge in [-0.05, 0) is 6.07 Å². The molecular formula is C8HClF2O3. The standard InChI is InChI=1S/C8HClF2O3/c9-3-1-2-4(6(11)5(3)10)8(13)14-7(2)12/h1H. The number of hydrogen-bond acceptors (Lipinski definition) is 3. The molecule has 2 rings (SSSR count). The van der Waals surface area contributed by atoms with Gasteiger partial charge in [0.2, 0.25) is 0 Å². The molecule has 3 nitrogen and oxygen atoms in total. The number of ether oxygens (including phenoxy) is 1. The first-order valence-electron chi connectivity index (χ1n) is 3.46. The summed E-state index contributed by atoms with van der Waals surface area (Å²) in [6.07, 6.45) is 0. The summed E-state index contributed by atoms with van der Waals surface area (Å²) in [4.78, 5) is 21.8. The van der Waals surface area contributed by atoms with E-state index in [9.17, 15) is 18.4 Å². The fraction of sp³-hybridized carbons (Fsp3) is 0. The highest BCUT2D eigenvalue weighted by Gasteiger charge is 2.35. The van der Waals surface area contributed by atoms with Crippen LogP contribution in [0.3, 0.4) is 0 Å². The van der Waals surface area contributed by atoms with E-state index in [0.29, 0.717) is 0 Å². The normalized spacial score (nSPS) is 14.2. The molecule has 0 spiro atoms. The smallest absolute Gasteiger partial charge is 0.350 e. The van der Waals surface area contributed by atoms with Gasteiger partial charge in [0, 0.05) is 0 Å². The maximum absolute atomic E-state index is 13.1. The van der Waals surface area contributed by atoms with Crippen LogP contribution in [-0.4, -0.2) is 11.9 Å². The first kappa shape index (κ1) is 9.08. The number of cyclic esters (lactones) is 2. The van der Waals surface area contributed by atoms with Crippen LogP contribution >= 0.6 is 11.6 Å². The Morgan fingerprint density at radius 1 is 1.14 bits per heavy atom. The summed E-state index contributed by atoms with van der Waals surface area (Å²) < 4.78 is 30.0. The zero-order valence-corrected chi connectivity index (χ0v) is 7.19. The van der Waals surface area contributed by atoms with Gasteiger partial charge in [0.25, 0.3) is 0 Å². The second kappa shape index (κ2) is 2.75. The van der Waals surface area contributed by atoms with E-state index in [0.717, 1.165) is 6.07 Å². The number of carbonyl (C=O) groups is 2. The predicted octanol–water partition coefficient (Wildman–Crippen LogP) is 1.93. The minimum atomic E-state index is -1.46. The molecule has 1 aliphatic rings. The van der Waals surface area contributed by atoms with Crippen molar-refractivity contribution in [3.05, 3.63) is 33.9 Å². The highest BCUT2D eigenvalue weighted by molar-refractivity contribution is 6.31. The maximum Gasteiger partial charge on any atom is 0.350 e. The summed E-state index contributed by atoms with van der Waals surface area (Å²) in [5.74, 6) is -5.04. The fourth-order valence-electron chi connectivity index (χ4n) is 1.15. The Morgan fingerprint density at radius 2 is 1.79 bits per heavy atom. The highest BCUT2D eigenvalue weighted by atomic mass is 35.5. The van der Waals surface area contributed by atoms with E-state index in [1.165, 1.54) is 0 Å². The average molecular weight is 219 g/mol. The number of benzene rings is 1. The molecule has 0 atom stereocenters. The van der Waals surface area contributed by atoms with Gasteiger partial charge in [-0.3, -0.25) is 0 Å². The van der Waals surface area contributed by atoms with Crippen molar-refractivity contribution in [3.63, 3.8) is 0 Å². The lowest BCUT2D eigenvalue weighted by molar-refractivity contribution is 0.0442. The van der Waals surface area contributed by atoms with Crippen molar-refractivity contribution in [2.45, 2.75) is 0 Å². The second-order valence-electron chi connectivity index (χ2n) is 2.59. The number of halogens is 3. The maximum atomic E-state index is 13.1. The molecule has 6 heteroatoms. The van der Waals surface area contributed by atoms with Crippen molar-refractivity contribution in [2.75, 3.05) is 0 Å². The molecule has 1 aliphatic heterocycles. The molecule has 14 heavy (non-hydrogen) atoms. The molecule has 1 heterocycles. The number of hydrogen-bond donors (Lipinski definition) is 0. The van der Waals surface area contributed by atoms with Gasteiger partial charge >= 0.3 is 11.9 Å². The summed E-state index contributed by atoms with van der Waals surface area (Å²) in [7, 11) is 0. The molecule has 0 N–H and O–H groups in total. The topological polar surface area (TPSA) is 43.4 Å². The summed E-state index contributed by atoms with van der Waals surface area (Å²) in [5.41, 5.74) is -1.05. The molecule has 0 amide bonds. The van der Waals surface area contributed by atoms with Gasteiger partial charge < -0.3 is 4.74 Å². The van der Waals surface area contributed by atoms with Crippen molar-refractivity contribution >= 4 is 23.5 Å². The van der Waals surface area contributed by atoms with Gasteiger partial charge in [0.1, 0.15) is 5.56 Å². The lowest BCUT2D eigenvalue weighted by Crippen LogP contribution is -2.01. The molecule has 0 saturated heterocycles. The van der Waals surface area contributed by atoms with Crippen LogP contribution in [0.4, 0.5) is 8.78 Å². The molecule has 0 fully saturated rings. The van der Waals surface area contributed by atoms with Crippen molar-refractivity contribution < 1.29 is 23.1 Å². The number of fused-ring (bicyclic) bond motifs is 1. The van der Waals surface area contributed by atoms with E-state index in [1.54, 1.807) is 0 Å². The minimum absolute atomic E-state index is 0.348. The Balaban J connectivity index is 2.82. The lowest BCUT2D eigenvalue weighted by atomic mass is 10.1. The largest absolute Gasteiger partial charge is 0.386 e. The summed E-state index contributed by atoms with van der Waals surface area (Å²) in [5, 5.41) is -0.562. The highest BCUT2D eigenvalue weighted by Crippen LogP contribution is 2.29. The quantitative estimate of drug-likeness (QED) is 0.380. The Bertz CT molecular complexity index is 470. The van der Waals surface area contributed by atoms with Crippen LogP contribution < -0.4 is 0 Å². The van der Waals surface area contributed by atoms with Gasteiger partial charge in [-0.15, -0.1) is 0 Å². The number of carbonyl (C=O) groups excluding carboxylic acids is 2. The molecule has 72 valence electrons. The Labute approximate surface area is 81.2 Å². The van der Waals surface area contributed by atoms with E-state index in [4.69, 9.17) is 11.6 Å². The van der Waals surface area contributed by atoms with E-state index in [2.05, 4.69) is 4.74 Å². The molecule has 0 aromatic heterocycles. The molecule has 1 aromatic rings. The van der Waals surface area contributed by atoms with Crippen molar-refractivity contribution in [1.29, 1.82) is 0 Å². The Morgan fingerprint density at radius 3 is 2.43 bits per heavy atom. The average Bonchev–Trinajstić information content (AvgIpc) is 2.38. The summed E-state index contributed by atoms with van der Waals surface area (Å²) in [6, 6.07) is 0.864. The Kier molecular flexibility index (Phi) is 1.78. The zero-order valence-electron chi connectivity index (χ0n) is 6.44. The van der Waals surface area contributed by atoms with Gasteiger partial charge in [-0.2, -0.15) is 0 Å². The first-order chi connectivity index (χ1) is 6.52. The van der Waals surface area contributed by atoms with E-state index < -0.39 is 34.2 Å². The molecule has 1 aromatic carbocycles. The Hall–Kier alpha value is -1.49. The fourth-order valence-corrected chi connectivity index (χ4v) is 1.34. The molecule has 0 radical (unpaired) electrons. The third-order valence-electron chi connectivity index (χ3n) is 1.77.